The lowest BCUT2D eigenvalue weighted by atomic mass is 10.0. The molecule has 2 aromatic rings. The summed E-state index contributed by atoms with van der Waals surface area (Å²) in [7, 11) is 0. The molecule has 120 valence electrons. The number of thioether (sulfide) groups is 3. The smallest absolute Gasteiger partial charge is 0.219 e. The molecule has 0 saturated carbocycles. The molecule has 0 aliphatic heterocycles. The van der Waals surface area contributed by atoms with E-state index in [1.807, 2.05) is 48.9 Å². The van der Waals surface area contributed by atoms with Gasteiger partial charge in [-0.15, -0.1) is 23.5 Å². The van der Waals surface area contributed by atoms with Crippen LogP contribution in [0.15, 0.2) is 54.6 Å². The topological polar surface area (TPSA) is 34.1 Å². The minimum absolute atomic E-state index is 0.0276. The van der Waals surface area contributed by atoms with Crippen molar-refractivity contribution in [3.8, 4) is 0 Å². The molecule has 23 heavy (non-hydrogen) atoms. The van der Waals surface area contributed by atoms with Gasteiger partial charge in [0, 0.05) is 11.1 Å². The third-order valence-corrected chi connectivity index (χ3v) is 7.50. The molecule has 0 N–H and O–H groups in total. The molecule has 0 bridgehead atoms. The predicted molar refractivity (Wildman–Crippen MR) is 104 cm³/mol. The largest absolute Gasteiger partial charge is 0.289 e. The number of ketones is 1. The van der Waals surface area contributed by atoms with Gasteiger partial charge >= 0.3 is 0 Å². The molecule has 2 aromatic carbocycles. The summed E-state index contributed by atoms with van der Waals surface area (Å²) < 4.78 is -0.688. The second kappa shape index (κ2) is 8.08. The van der Waals surface area contributed by atoms with Crippen LogP contribution in [-0.2, 0) is 8.87 Å². The first-order valence-electron chi connectivity index (χ1n) is 6.98. The van der Waals surface area contributed by atoms with Gasteiger partial charge in [-0.1, -0.05) is 60.3 Å². The molecule has 2 rings (SSSR count). The number of carbonyl (C=O) groups excluding carboxylic acids is 2. The lowest BCUT2D eigenvalue weighted by Crippen LogP contribution is -2.26. The van der Waals surface area contributed by atoms with E-state index in [9.17, 15) is 9.59 Å². The SMILES string of the molecule is CSC(=O)C(SC)(SC)c1cccc(C(=O)c2ccccc2)c1. The van der Waals surface area contributed by atoms with E-state index in [1.54, 1.807) is 24.5 Å². The van der Waals surface area contributed by atoms with Crippen molar-refractivity contribution in [2.45, 2.75) is 4.08 Å². The number of hydrogen-bond donors (Lipinski definition) is 0. The van der Waals surface area contributed by atoms with E-state index in [4.69, 9.17) is 0 Å². The molecule has 0 spiro atoms. The van der Waals surface area contributed by atoms with Crippen LogP contribution in [0.4, 0.5) is 0 Å². The summed E-state index contributed by atoms with van der Waals surface area (Å²) in [5, 5.41) is 0.0850. The average molecular weight is 363 g/mol. The fraction of sp³-hybridized carbons (Fsp3) is 0.222. The summed E-state index contributed by atoms with van der Waals surface area (Å²) in [6.45, 7) is 0. The van der Waals surface area contributed by atoms with Crippen molar-refractivity contribution in [2.24, 2.45) is 0 Å². The minimum atomic E-state index is -0.688. The van der Waals surface area contributed by atoms with Crippen LogP contribution in [0.3, 0.4) is 0 Å². The summed E-state index contributed by atoms with van der Waals surface area (Å²) in [4.78, 5) is 25.1. The Balaban J connectivity index is 2.47. The van der Waals surface area contributed by atoms with Crippen molar-refractivity contribution >= 4 is 46.2 Å². The summed E-state index contributed by atoms with van der Waals surface area (Å²) in [6, 6.07) is 16.6. The van der Waals surface area contributed by atoms with Gasteiger partial charge < -0.3 is 0 Å². The van der Waals surface area contributed by atoms with Crippen LogP contribution in [0.5, 0.6) is 0 Å². The molecule has 0 saturated heterocycles. The second-order valence-electron chi connectivity index (χ2n) is 4.79. The molecule has 5 heteroatoms. The van der Waals surface area contributed by atoms with Gasteiger partial charge in [0.2, 0.25) is 5.12 Å². The maximum absolute atomic E-state index is 12.6. The fourth-order valence-electron chi connectivity index (χ4n) is 2.36. The Morgan fingerprint density at radius 2 is 1.43 bits per heavy atom. The van der Waals surface area contributed by atoms with Crippen LogP contribution in [0.2, 0.25) is 0 Å². The van der Waals surface area contributed by atoms with Crippen molar-refractivity contribution in [2.75, 3.05) is 18.8 Å². The average Bonchev–Trinajstić information content (AvgIpc) is 2.63. The third-order valence-electron chi connectivity index (χ3n) is 3.57. The molecule has 0 unspecified atom stereocenters. The van der Waals surface area contributed by atoms with E-state index in [0.29, 0.717) is 11.1 Å². The highest BCUT2D eigenvalue weighted by molar-refractivity contribution is 8.23. The zero-order chi connectivity index (χ0) is 16.9. The molecule has 0 heterocycles. The summed E-state index contributed by atoms with van der Waals surface area (Å²) in [5.41, 5.74) is 2.12. The molecule has 0 aromatic heterocycles. The van der Waals surface area contributed by atoms with Gasteiger partial charge in [0.05, 0.1) is 0 Å². The monoisotopic (exact) mass is 362 g/mol. The maximum Gasteiger partial charge on any atom is 0.219 e. The molecule has 0 atom stereocenters. The van der Waals surface area contributed by atoms with Gasteiger partial charge in [-0.25, -0.2) is 0 Å². The van der Waals surface area contributed by atoms with Crippen LogP contribution in [0, 0.1) is 0 Å². The Bertz CT molecular complexity index is 694. The fourth-order valence-corrected chi connectivity index (χ4v) is 5.47. The van der Waals surface area contributed by atoms with Crippen LogP contribution in [0.25, 0.3) is 0 Å². The second-order valence-corrected chi connectivity index (χ2v) is 7.87. The quantitative estimate of drug-likeness (QED) is 0.550. The van der Waals surface area contributed by atoms with Gasteiger partial charge in [0.15, 0.2) is 9.86 Å². The Morgan fingerprint density at radius 1 is 0.826 bits per heavy atom. The highest BCUT2D eigenvalue weighted by Gasteiger charge is 2.38. The van der Waals surface area contributed by atoms with Gasteiger partial charge in [-0.2, -0.15) is 0 Å². The van der Waals surface area contributed by atoms with Crippen molar-refractivity contribution in [3.05, 3.63) is 71.3 Å². The zero-order valence-electron chi connectivity index (χ0n) is 13.2. The Kier molecular flexibility index (Phi) is 6.39. The molecule has 0 aliphatic carbocycles. The molecule has 0 fully saturated rings. The van der Waals surface area contributed by atoms with E-state index in [-0.39, 0.29) is 10.9 Å². The Morgan fingerprint density at radius 3 is 2.00 bits per heavy atom. The van der Waals surface area contributed by atoms with Crippen LogP contribution >= 0.6 is 35.3 Å². The molecule has 0 amide bonds. The standard InChI is InChI=1S/C18H18O2S3/c1-21-17(20)18(22-2,23-3)15-11-7-10-14(12-15)16(19)13-8-5-4-6-9-13/h4-12H,1-3H3. The maximum atomic E-state index is 12.6. The number of benzene rings is 2. The zero-order valence-corrected chi connectivity index (χ0v) is 15.7. The van der Waals surface area contributed by atoms with Gasteiger partial charge in [-0.3, -0.25) is 9.59 Å². The summed E-state index contributed by atoms with van der Waals surface area (Å²) >= 11 is 4.22. The highest BCUT2D eigenvalue weighted by atomic mass is 32.2. The molecular weight excluding hydrogens is 344 g/mol. The first kappa shape index (κ1) is 18.2. The van der Waals surface area contributed by atoms with Crippen molar-refractivity contribution in [1.29, 1.82) is 0 Å². The lowest BCUT2D eigenvalue weighted by molar-refractivity contribution is -0.111. The van der Waals surface area contributed by atoms with Crippen LogP contribution in [-0.4, -0.2) is 29.7 Å². The number of hydrogen-bond acceptors (Lipinski definition) is 5. The van der Waals surface area contributed by atoms with E-state index in [2.05, 4.69) is 0 Å². The molecule has 2 nitrogen and oxygen atoms in total. The van der Waals surface area contributed by atoms with Gasteiger partial charge in [0.25, 0.3) is 0 Å². The predicted octanol–water partition coefficient (Wildman–Crippen LogP) is 4.69. The van der Waals surface area contributed by atoms with Crippen molar-refractivity contribution < 1.29 is 9.59 Å². The molecule has 0 radical (unpaired) electrons. The van der Waals surface area contributed by atoms with Gasteiger partial charge in [-0.05, 0) is 30.4 Å². The van der Waals surface area contributed by atoms with E-state index in [1.165, 1.54) is 35.3 Å². The first-order chi connectivity index (χ1) is 11.1. The third kappa shape index (κ3) is 3.67. The number of carbonyl (C=O) groups is 2. The highest BCUT2D eigenvalue weighted by Crippen LogP contribution is 2.47. The molecular formula is C18H18O2S3. The van der Waals surface area contributed by atoms with E-state index >= 15 is 0 Å². The van der Waals surface area contributed by atoms with Gasteiger partial charge in [0.1, 0.15) is 0 Å². The van der Waals surface area contributed by atoms with Crippen molar-refractivity contribution in [3.63, 3.8) is 0 Å². The minimum Gasteiger partial charge on any atom is -0.289 e. The Labute approximate surface area is 149 Å². The summed E-state index contributed by atoms with van der Waals surface area (Å²) in [6.07, 6.45) is 5.65. The lowest BCUT2D eigenvalue weighted by Gasteiger charge is -2.28. The van der Waals surface area contributed by atoms with E-state index in [0.717, 1.165) is 5.56 Å². The first-order valence-corrected chi connectivity index (χ1v) is 10.7. The Hall–Kier alpha value is -1.17. The van der Waals surface area contributed by atoms with Crippen LogP contribution < -0.4 is 0 Å². The van der Waals surface area contributed by atoms with Crippen LogP contribution in [0.1, 0.15) is 21.5 Å². The molecule has 0 aliphatic rings. The van der Waals surface area contributed by atoms with E-state index < -0.39 is 4.08 Å². The summed E-state index contributed by atoms with van der Waals surface area (Å²) in [5.74, 6) is -0.0276. The van der Waals surface area contributed by atoms with Crippen molar-refractivity contribution in [1.82, 2.24) is 0 Å². The number of rotatable bonds is 6. The normalized spacial score (nSPS) is 11.3.